The minimum absolute atomic E-state index is 0.0232. The van der Waals surface area contributed by atoms with E-state index in [4.69, 9.17) is 4.43 Å². The number of hydrogen-bond donors (Lipinski definition) is 0. The lowest BCUT2D eigenvalue weighted by molar-refractivity contribution is 0.0829. The second-order valence-corrected chi connectivity index (χ2v) is 13.3. The van der Waals surface area contributed by atoms with Crippen molar-refractivity contribution in [2.45, 2.75) is 97.4 Å². The second kappa shape index (κ2) is 11.7. The lowest BCUT2D eigenvalue weighted by Gasteiger charge is -2.38. The van der Waals surface area contributed by atoms with Gasteiger partial charge in [-0.1, -0.05) is 81.0 Å². The van der Waals surface area contributed by atoms with E-state index in [1.54, 1.807) is 0 Å². The van der Waals surface area contributed by atoms with Gasteiger partial charge in [0.2, 0.25) is 0 Å². The van der Waals surface area contributed by atoms with Crippen molar-refractivity contribution in [3.05, 3.63) is 39.5 Å². The van der Waals surface area contributed by atoms with Crippen molar-refractivity contribution in [3.63, 3.8) is 0 Å². The molecule has 0 saturated carbocycles. The summed E-state index contributed by atoms with van der Waals surface area (Å²) < 4.78 is 8.95. The van der Waals surface area contributed by atoms with Crippen LogP contribution in [0.2, 0.25) is 18.1 Å². The van der Waals surface area contributed by atoms with Gasteiger partial charge in [-0.3, -0.25) is 0 Å². The lowest BCUT2D eigenvalue weighted by Crippen LogP contribution is -2.44. The van der Waals surface area contributed by atoms with Gasteiger partial charge in [0.25, 0.3) is 0 Å². The monoisotopic (exact) mass is 486 g/mol. The first-order chi connectivity index (χ1) is 12.3. The molecule has 0 spiro atoms. The van der Waals surface area contributed by atoms with Gasteiger partial charge in [0.1, 0.15) is 0 Å². The highest BCUT2D eigenvalue weighted by Crippen LogP contribution is 2.30. The van der Waals surface area contributed by atoms with E-state index in [2.05, 4.69) is 92.5 Å². The first-order valence-corrected chi connectivity index (χ1v) is 14.2. The first-order valence-electron chi connectivity index (χ1n) is 10.4. The molecule has 1 aromatic carbocycles. The molecule has 0 N–H and O–H groups in total. The molecule has 0 radical (unpaired) electrons. The zero-order valence-electron chi connectivity index (χ0n) is 17.8. The normalized spacial score (nSPS) is 13.3. The number of halogens is 1. The Bertz CT molecular complexity index is 553. The smallest absolute Gasteiger partial charge is 0.192 e. The van der Waals surface area contributed by atoms with E-state index in [9.17, 15) is 0 Å². The summed E-state index contributed by atoms with van der Waals surface area (Å²) in [4.78, 5) is 0. The Morgan fingerprint density at radius 3 is 2.27 bits per heavy atom. The minimum atomic E-state index is -1.51. The standard InChI is InChI=1S/C23H39IOSi/c1-7-21(19-24)22-16-13-15-20(18-22)14-11-12-17-23(5,6)25-26(8-2,9-3)10-4/h13,15-16,18-19H,7-12,14,17H2,1-6H3/b21-19+. The maximum absolute atomic E-state index is 6.74. The number of hydrogen-bond acceptors (Lipinski definition) is 1. The molecule has 0 fully saturated rings. The van der Waals surface area contributed by atoms with Crippen LogP contribution >= 0.6 is 22.6 Å². The first kappa shape index (κ1) is 23.9. The largest absolute Gasteiger partial charge is 0.412 e. The Hall–Kier alpha value is -0.133. The average molecular weight is 487 g/mol. The van der Waals surface area contributed by atoms with Gasteiger partial charge in [-0.05, 0) is 78.4 Å². The molecular weight excluding hydrogens is 447 g/mol. The van der Waals surface area contributed by atoms with Crippen molar-refractivity contribution in [2.75, 3.05) is 0 Å². The Morgan fingerprint density at radius 2 is 1.73 bits per heavy atom. The maximum atomic E-state index is 6.74. The van der Waals surface area contributed by atoms with Crippen molar-refractivity contribution in [1.82, 2.24) is 0 Å². The molecule has 1 nitrogen and oxygen atoms in total. The summed E-state index contributed by atoms with van der Waals surface area (Å²) in [6.45, 7) is 13.8. The predicted octanol–water partition coefficient (Wildman–Crippen LogP) is 8.39. The van der Waals surface area contributed by atoms with Gasteiger partial charge >= 0.3 is 0 Å². The third kappa shape index (κ3) is 7.47. The van der Waals surface area contributed by atoms with Crippen LogP contribution in [0.25, 0.3) is 5.57 Å². The van der Waals surface area contributed by atoms with E-state index >= 15 is 0 Å². The second-order valence-electron chi connectivity index (χ2n) is 8.00. The van der Waals surface area contributed by atoms with E-state index < -0.39 is 8.32 Å². The van der Waals surface area contributed by atoms with Crippen LogP contribution < -0.4 is 0 Å². The topological polar surface area (TPSA) is 9.23 Å². The van der Waals surface area contributed by atoms with Crippen LogP contribution in [0.1, 0.15) is 78.4 Å². The van der Waals surface area contributed by atoms with E-state index in [0.717, 1.165) is 12.8 Å². The molecule has 0 aromatic heterocycles. The molecule has 0 aliphatic rings. The zero-order chi connectivity index (χ0) is 19.6. The Balaban J connectivity index is 2.55. The Labute approximate surface area is 177 Å². The van der Waals surface area contributed by atoms with Gasteiger partial charge in [0.05, 0.1) is 5.60 Å². The molecule has 0 saturated heterocycles. The highest BCUT2D eigenvalue weighted by molar-refractivity contribution is 14.1. The zero-order valence-corrected chi connectivity index (χ0v) is 21.0. The molecule has 0 amide bonds. The number of rotatable bonds is 12. The van der Waals surface area contributed by atoms with Gasteiger partial charge in [0, 0.05) is 0 Å². The van der Waals surface area contributed by atoms with Crippen LogP contribution in [0, 0.1) is 0 Å². The van der Waals surface area contributed by atoms with Crippen molar-refractivity contribution in [2.24, 2.45) is 0 Å². The summed E-state index contributed by atoms with van der Waals surface area (Å²) in [7, 11) is -1.51. The fourth-order valence-corrected chi connectivity index (χ4v) is 7.76. The molecule has 0 unspecified atom stereocenters. The Morgan fingerprint density at radius 1 is 1.08 bits per heavy atom. The van der Waals surface area contributed by atoms with E-state index in [1.807, 2.05) is 0 Å². The quantitative estimate of drug-likeness (QED) is 0.164. The van der Waals surface area contributed by atoms with Crippen molar-refractivity contribution < 1.29 is 4.43 Å². The van der Waals surface area contributed by atoms with Crippen molar-refractivity contribution >= 4 is 36.5 Å². The van der Waals surface area contributed by atoms with Crippen LogP contribution in [0.3, 0.4) is 0 Å². The van der Waals surface area contributed by atoms with Gasteiger partial charge in [-0.25, -0.2) is 0 Å². The van der Waals surface area contributed by atoms with Crippen molar-refractivity contribution in [3.8, 4) is 0 Å². The van der Waals surface area contributed by atoms with Crippen LogP contribution in [0.4, 0.5) is 0 Å². The summed E-state index contributed by atoms with van der Waals surface area (Å²) in [6, 6.07) is 12.8. The lowest BCUT2D eigenvalue weighted by atomic mass is 9.97. The molecule has 1 rings (SSSR count). The predicted molar refractivity (Wildman–Crippen MR) is 129 cm³/mol. The molecular formula is C23H39IOSi. The molecule has 26 heavy (non-hydrogen) atoms. The highest BCUT2D eigenvalue weighted by Gasteiger charge is 2.35. The SMILES string of the molecule is CC/C(=C\I)c1cccc(CCCCC(C)(C)O[Si](CC)(CC)CC)c1. The molecule has 0 aliphatic heterocycles. The number of unbranched alkanes of at least 4 members (excludes halogenated alkanes) is 1. The highest BCUT2D eigenvalue weighted by atomic mass is 127. The third-order valence-corrected chi connectivity index (χ3v) is 11.3. The molecule has 3 heteroatoms. The van der Waals surface area contributed by atoms with E-state index in [0.29, 0.717) is 0 Å². The average Bonchev–Trinajstić information content (AvgIpc) is 2.65. The molecule has 1 aromatic rings. The minimum Gasteiger partial charge on any atom is -0.412 e. The Kier molecular flexibility index (Phi) is 10.7. The van der Waals surface area contributed by atoms with Gasteiger partial charge in [-0.2, -0.15) is 0 Å². The summed E-state index contributed by atoms with van der Waals surface area (Å²) >= 11 is 2.36. The van der Waals surface area contributed by atoms with Gasteiger partial charge in [-0.15, -0.1) is 0 Å². The van der Waals surface area contributed by atoms with Gasteiger partial charge in [0.15, 0.2) is 8.32 Å². The molecule has 0 heterocycles. The van der Waals surface area contributed by atoms with Crippen LogP contribution in [0.15, 0.2) is 28.3 Å². The molecule has 0 bridgehead atoms. The fraction of sp³-hybridized carbons (Fsp3) is 0.652. The van der Waals surface area contributed by atoms with E-state index in [1.165, 1.54) is 54.1 Å². The summed E-state index contributed by atoms with van der Waals surface area (Å²) in [5.41, 5.74) is 4.30. The van der Waals surface area contributed by atoms with Crippen molar-refractivity contribution in [1.29, 1.82) is 0 Å². The van der Waals surface area contributed by atoms with Crippen LogP contribution in [-0.2, 0) is 10.8 Å². The van der Waals surface area contributed by atoms with Gasteiger partial charge < -0.3 is 4.43 Å². The summed E-state index contributed by atoms with van der Waals surface area (Å²) in [6.07, 6.45) is 5.90. The summed E-state index contributed by atoms with van der Waals surface area (Å²) in [5, 5.41) is 0. The molecule has 148 valence electrons. The maximum Gasteiger partial charge on any atom is 0.192 e. The van der Waals surface area contributed by atoms with E-state index in [-0.39, 0.29) is 5.60 Å². The summed E-state index contributed by atoms with van der Waals surface area (Å²) in [5.74, 6) is 0. The number of benzene rings is 1. The number of aryl methyl sites for hydroxylation is 1. The fourth-order valence-electron chi connectivity index (χ4n) is 3.75. The third-order valence-electron chi connectivity index (χ3n) is 5.73. The van der Waals surface area contributed by atoms with Crippen LogP contribution in [0.5, 0.6) is 0 Å². The molecule has 0 aliphatic carbocycles. The molecule has 0 atom stereocenters. The number of allylic oxidation sites excluding steroid dienone is 1. The van der Waals surface area contributed by atoms with Crippen LogP contribution in [-0.4, -0.2) is 13.9 Å².